The number of hydrazone groups is 1. The second-order valence-electron chi connectivity index (χ2n) is 4.91. The van der Waals surface area contributed by atoms with E-state index in [0.29, 0.717) is 0 Å². The number of benzene rings is 1. The number of nitrogens with two attached hydrogens (primary N) is 1. The van der Waals surface area contributed by atoms with Crippen molar-refractivity contribution in [2.75, 3.05) is 13.1 Å². The second-order valence-corrected chi connectivity index (χ2v) is 5.35. The number of hydrogen-bond donors (Lipinski definition) is 2. The SMILES string of the molecule is NC(=S)NN=Cc1ccc(F)cc1CN1CCCCC1. The standard InChI is InChI=1S/C14H19FN4S/c15-13-5-4-11(9-17-18-14(16)20)12(8-13)10-19-6-2-1-3-7-19/h4-5,8-9H,1-3,6-7,10H2,(H3,16,18,20). The first-order valence-electron chi connectivity index (χ1n) is 6.74. The number of piperidine rings is 1. The van der Waals surface area contributed by atoms with Gasteiger partial charge in [0, 0.05) is 6.54 Å². The largest absolute Gasteiger partial charge is 0.375 e. The molecule has 4 nitrogen and oxygen atoms in total. The highest BCUT2D eigenvalue weighted by Gasteiger charge is 2.12. The highest BCUT2D eigenvalue weighted by atomic mass is 32.1. The Balaban J connectivity index is 2.10. The van der Waals surface area contributed by atoms with E-state index in [2.05, 4.69) is 27.6 Å². The minimum Gasteiger partial charge on any atom is -0.375 e. The highest BCUT2D eigenvalue weighted by Crippen LogP contribution is 2.16. The molecule has 0 aliphatic carbocycles. The van der Waals surface area contributed by atoms with Crippen molar-refractivity contribution in [1.82, 2.24) is 10.3 Å². The van der Waals surface area contributed by atoms with Gasteiger partial charge in [0.05, 0.1) is 6.21 Å². The van der Waals surface area contributed by atoms with Crippen LogP contribution in [0.15, 0.2) is 23.3 Å². The van der Waals surface area contributed by atoms with Crippen LogP contribution >= 0.6 is 12.2 Å². The summed E-state index contributed by atoms with van der Waals surface area (Å²) in [6.45, 7) is 2.88. The second kappa shape index (κ2) is 7.31. The Hall–Kier alpha value is -1.53. The molecular weight excluding hydrogens is 275 g/mol. The zero-order valence-corrected chi connectivity index (χ0v) is 12.1. The molecule has 1 aliphatic heterocycles. The highest BCUT2D eigenvalue weighted by molar-refractivity contribution is 7.80. The number of hydrogen-bond acceptors (Lipinski definition) is 3. The minimum absolute atomic E-state index is 0.112. The van der Waals surface area contributed by atoms with Crippen LogP contribution in [-0.4, -0.2) is 29.3 Å². The van der Waals surface area contributed by atoms with Crippen molar-refractivity contribution >= 4 is 23.5 Å². The third-order valence-electron chi connectivity index (χ3n) is 3.33. The zero-order valence-electron chi connectivity index (χ0n) is 11.3. The molecule has 0 unspecified atom stereocenters. The summed E-state index contributed by atoms with van der Waals surface area (Å²) in [5.41, 5.74) is 9.62. The van der Waals surface area contributed by atoms with Gasteiger partial charge in [-0.05, 0) is 61.4 Å². The van der Waals surface area contributed by atoms with E-state index in [9.17, 15) is 4.39 Å². The number of thiocarbonyl (C=S) groups is 1. The Kier molecular flexibility index (Phi) is 5.43. The van der Waals surface area contributed by atoms with Crippen LogP contribution in [0.25, 0.3) is 0 Å². The van der Waals surface area contributed by atoms with Gasteiger partial charge >= 0.3 is 0 Å². The molecule has 1 aromatic rings. The number of halogens is 1. The Labute approximate surface area is 123 Å². The number of nitrogens with zero attached hydrogens (tertiary/aromatic N) is 2. The minimum atomic E-state index is -0.225. The summed E-state index contributed by atoms with van der Waals surface area (Å²) in [6, 6.07) is 4.72. The zero-order chi connectivity index (χ0) is 14.4. The first kappa shape index (κ1) is 14.9. The van der Waals surface area contributed by atoms with Gasteiger partial charge in [-0.25, -0.2) is 4.39 Å². The Morgan fingerprint density at radius 3 is 2.85 bits per heavy atom. The van der Waals surface area contributed by atoms with Crippen molar-refractivity contribution in [3.8, 4) is 0 Å². The van der Waals surface area contributed by atoms with Gasteiger partial charge in [-0.2, -0.15) is 5.10 Å². The summed E-state index contributed by atoms with van der Waals surface area (Å²) in [6.07, 6.45) is 5.33. The fourth-order valence-electron chi connectivity index (χ4n) is 2.36. The lowest BCUT2D eigenvalue weighted by atomic mass is 10.1. The van der Waals surface area contributed by atoms with Crippen molar-refractivity contribution in [2.24, 2.45) is 10.8 Å². The van der Waals surface area contributed by atoms with Crippen molar-refractivity contribution in [1.29, 1.82) is 0 Å². The van der Waals surface area contributed by atoms with Crippen LogP contribution in [0.5, 0.6) is 0 Å². The van der Waals surface area contributed by atoms with Crippen molar-refractivity contribution in [3.63, 3.8) is 0 Å². The molecule has 0 saturated carbocycles. The summed E-state index contributed by atoms with van der Waals surface area (Å²) in [7, 11) is 0. The Bertz CT molecular complexity index is 498. The molecule has 20 heavy (non-hydrogen) atoms. The van der Waals surface area contributed by atoms with E-state index in [0.717, 1.165) is 30.8 Å². The van der Waals surface area contributed by atoms with Gasteiger partial charge in [0.25, 0.3) is 0 Å². The Morgan fingerprint density at radius 2 is 2.15 bits per heavy atom. The summed E-state index contributed by atoms with van der Waals surface area (Å²) < 4.78 is 13.4. The van der Waals surface area contributed by atoms with Crippen molar-refractivity contribution in [3.05, 3.63) is 35.1 Å². The Morgan fingerprint density at radius 1 is 1.40 bits per heavy atom. The maximum Gasteiger partial charge on any atom is 0.184 e. The normalized spacial score (nSPS) is 16.4. The number of likely N-dealkylation sites (tertiary alicyclic amines) is 1. The maximum absolute atomic E-state index is 13.4. The summed E-state index contributed by atoms with van der Waals surface area (Å²) >= 11 is 4.68. The molecule has 6 heteroatoms. The molecule has 1 heterocycles. The molecule has 1 aliphatic rings. The molecule has 0 atom stereocenters. The topological polar surface area (TPSA) is 53.6 Å². The van der Waals surface area contributed by atoms with E-state index in [4.69, 9.17) is 5.73 Å². The molecule has 1 aromatic carbocycles. The van der Waals surface area contributed by atoms with Crippen LogP contribution in [0.3, 0.4) is 0 Å². The third kappa shape index (κ3) is 4.54. The van der Waals surface area contributed by atoms with E-state index in [1.807, 2.05) is 0 Å². The molecule has 1 saturated heterocycles. The van der Waals surface area contributed by atoms with Crippen LogP contribution in [0, 0.1) is 5.82 Å². The van der Waals surface area contributed by atoms with Crippen LogP contribution < -0.4 is 11.2 Å². The van der Waals surface area contributed by atoms with Gasteiger partial charge in [0.15, 0.2) is 5.11 Å². The van der Waals surface area contributed by atoms with E-state index < -0.39 is 0 Å². The number of rotatable bonds is 4. The van der Waals surface area contributed by atoms with Gasteiger partial charge in [0.1, 0.15) is 5.82 Å². The molecule has 108 valence electrons. The first-order valence-corrected chi connectivity index (χ1v) is 7.15. The predicted octanol–water partition coefficient (Wildman–Crippen LogP) is 1.98. The maximum atomic E-state index is 13.4. The lowest BCUT2D eigenvalue weighted by Crippen LogP contribution is -2.29. The molecular formula is C14H19FN4S. The first-order chi connectivity index (χ1) is 9.65. The lowest BCUT2D eigenvalue weighted by Gasteiger charge is -2.27. The van der Waals surface area contributed by atoms with Crippen LogP contribution in [0.4, 0.5) is 4.39 Å². The average molecular weight is 294 g/mol. The average Bonchev–Trinajstić information content (AvgIpc) is 2.42. The fourth-order valence-corrected chi connectivity index (χ4v) is 2.41. The molecule has 0 radical (unpaired) electrons. The molecule has 0 amide bonds. The molecule has 3 N–H and O–H groups in total. The van der Waals surface area contributed by atoms with Crippen LogP contribution in [0.2, 0.25) is 0 Å². The fraction of sp³-hybridized carbons (Fsp3) is 0.429. The van der Waals surface area contributed by atoms with E-state index >= 15 is 0 Å². The van der Waals surface area contributed by atoms with E-state index in [-0.39, 0.29) is 10.9 Å². The molecule has 0 bridgehead atoms. The molecule has 0 spiro atoms. The molecule has 0 aromatic heterocycles. The van der Waals surface area contributed by atoms with E-state index in [1.54, 1.807) is 18.3 Å². The van der Waals surface area contributed by atoms with Crippen molar-refractivity contribution in [2.45, 2.75) is 25.8 Å². The predicted molar refractivity (Wildman–Crippen MR) is 83.0 cm³/mol. The van der Waals surface area contributed by atoms with Crippen LogP contribution in [-0.2, 0) is 6.54 Å². The lowest BCUT2D eigenvalue weighted by molar-refractivity contribution is 0.220. The van der Waals surface area contributed by atoms with Gasteiger partial charge in [0.2, 0.25) is 0 Å². The van der Waals surface area contributed by atoms with Gasteiger partial charge < -0.3 is 5.73 Å². The molecule has 2 rings (SSSR count). The summed E-state index contributed by atoms with van der Waals surface area (Å²) in [4.78, 5) is 2.34. The third-order valence-corrected chi connectivity index (χ3v) is 3.42. The van der Waals surface area contributed by atoms with Crippen LogP contribution in [0.1, 0.15) is 30.4 Å². The smallest absolute Gasteiger partial charge is 0.184 e. The van der Waals surface area contributed by atoms with Crippen molar-refractivity contribution < 1.29 is 4.39 Å². The van der Waals surface area contributed by atoms with E-state index in [1.165, 1.54) is 25.3 Å². The van der Waals surface area contributed by atoms with Gasteiger partial charge in [-0.15, -0.1) is 0 Å². The summed E-state index contributed by atoms with van der Waals surface area (Å²) in [5, 5.41) is 4.05. The number of nitrogens with one attached hydrogen (secondary N) is 1. The monoisotopic (exact) mass is 294 g/mol. The van der Waals surface area contributed by atoms with Gasteiger partial charge in [-0.3, -0.25) is 10.3 Å². The van der Waals surface area contributed by atoms with Gasteiger partial charge in [-0.1, -0.05) is 12.5 Å². The summed E-state index contributed by atoms with van der Waals surface area (Å²) in [5.74, 6) is -0.225. The molecule has 1 fully saturated rings. The quantitative estimate of drug-likeness (QED) is 0.506.